The Hall–Kier alpha value is -1.88. The van der Waals surface area contributed by atoms with Crippen molar-refractivity contribution < 1.29 is 14.7 Å². The molecule has 1 unspecified atom stereocenters. The first-order valence-electron chi connectivity index (χ1n) is 7.00. The van der Waals surface area contributed by atoms with Gasteiger partial charge in [0.25, 0.3) is 0 Å². The van der Waals surface area contributed by atoms with Gasteiger partial charge in [-0.2, -0.15) is 0 Å². The van der Waals surface area contributed by atoms with Crippen molar-refractivity contribution in [3.63, 3.8) is 0 Å². The monoisotopic (exact) mass is 274 g/mol. The molecule has 0 aromatic heterocycles. The Morgan fingerprint density at radius 2 is 2.25 bits per heavy atom. The lowest BCUT2D eigenvalue weighted by Crippen LogP contribution is -2.46. The van der Waals surface area contributed by atoms with Crippen LogP contribution in [0.1, 0.15) is 23.2 Å². The molecule has 20 heavy (non-hydrogen) atoms. The van der Waals surface area contributed by atoms with Crippen molar-refractivity contribution in [3.05, 3.63) is 29.8 Å². The number of carbonyl (C=O) groups is 2. The van der Waals surface area contributed by atoms with Gasteiger partial charge in [-0.05, 0) is 50.0 Å². The summed E-state index contributed by atoms with van der Waals surface area (Å²) >= 11 is 0. The van der Waals surface area contributed by atoms with Gasteiger partial charge < -0.3 is 15.3 Å². The van der Waals surface area contributed by atoms with Crippen LogP contribution in [0.25, 0.3) is 0 Å². The second-order valence-corrected chi connectivity index (χ2v) is 5.60. The number of amides is 1. The maximum atomic E-state index is 12.5. The summed E-state index contributed by atoms with van der Waals surface area (Å²) in [6.07, 6.45) is 1.81. The van der Waals surface area contributed by atoms with E-state index in [9.17, 15) is 9.59 Å². The van der Waals surface area contributed by atoms with Crippen molar-refractivity contribution in [1.29, 1.82) is 0 Å². The molecule has 1 aromatic carbocycles. The van der Waals surface area contributed by atoms with Gasteiger partial charge in [-0.1, -0.05) is 6.07 Å². The second kappa shape index (κ2) is 5.25. The lowest BCUT2D eigenvalue weighted by atomic mass is 9.87. The number of fused-ring (bicyclic) bond motifs is 2. The minimum atomic E-state index is -0.963. The number of carboxylic acid groups (broad SMARTS) is 1. The number of rotatable bonds is 2. The molecule has 2 N–H and O–H groups in total. The van der Waals surface area contributed by atoms with Crippen molar-refractivity contribution in [2.24, 2.45) is 11.8 Å². The SMILES string of the molecule is O=C(O)c1cccc(N2C[C@@H]3CNCCC(C3)C2=O)c1. The van der Waals surface area contributed by atoms with E-state index in [4.69, 9.17) is 5.11 Å². The van der Waals surface area contributed by atoms with E-state index in [0.717, 1.165) is 25.9 Å². The van der Waals surface area contributed by atoms with E-state index in [2.05, 4.69) is 5.32 Å². The van der Waals surface area contributed by atoms with Gasteiger partial charge in [0, 0.05) is 18.2 Å². The van der Waals surface area contributed by atoms with Crippen LogP contribution in [-0.2, 0) is 4.79 Å². The van der Waals surface area contributed by atoms with E-state index in [-0.39, 0.29) is 17.4 Å². The summed E-state index contributed by atoms with van der Waals surface area (Å²) < 4.78 is 0. The van der Waals surface area contributed by atoms with Gasteiger partial charge in [0.15, 0.2) is 0 Å². The summed E-state index contributed by atoms with van der Waals surface area (Å²) in [6, 6.07) is 6.65. The number of carbonyl (C=O) groups excluding carboxylic acids is 1. The first-order valence-corrected chi connectivity index (χ1v) is 7.00. The fourth-order valence-electron chi connectivity index (χ4n) is 3.16. The average Bonchev–Trinajstić information content (AvgIpc) is 2.66. The topological polar surface area (TPSA) is 69.6 Å². The van der Waals surface area contributed by atoms with Gasteiger partial charge in [0.2, 0.25) is 5.91 Å². The molecule has 2 atom stereocenters. The van der Waals surface area contributed by atoms with Crippen molar-refractivity contribution in [3.8, 4) is 0 Å². The smallest absolute Gasteiger partial charge is 0.335 e. The zero-order valence-corrected chi connectivity index (χ0v) is 11.2. The van der Waals surface area contributed by atoms with Crippen molar-refractivity contribution in [2.45, 2.75) is 12.8 Å². The Balaban J connectivity index is 1.90. The Morgan fingerprint density at radius 1 is 1.40 bits per heavy atom. The molecule has 2 heterocycles. The molecule has 2 saturated heterocycles. The molecule has 1 aromatic rings. The Kier molecular flexibility index (Phi) is 3.44. The number of anilines is 1. The van der Waals surface area contributed by atoms with Crippen LogP contribution < -0.4 is 10.2 Å². The maximum absolute atomic E-state index is 12.5. The van der Waals surface area contributed by atoms with Crippen LogP contribution in [0.2, 0.25) is 0 Å². The fraction of sp³-hybridized carbons (Fsp3) is 0.467. The quantitative estimate of drug-likeness (QED) is 0.854. The molecule has 106 valence electrons. The van der Waals surface area contributed by atoms with Crippen LogP contribution in [0.15, 0.2) is 24.3 Å². The third kappa shape index (κ3) is 2.41. The number of nitrogens with zero attached hydrogens (tertiary/aromatic N) is 1. The number of hydrogen-bond acceptors (Lipinski definition) is 3. The summed E-state index contributed by atoms with van der Waals surface area (Å²) in [6.45, 7) is 2.49. The molecule has 2 aliphatic heterocycles. The maximum Gasteiger partial charge on any atom is 0.335 e. The molecule has 5 nitrogen and oxygen atoms in total. The van der Waals surface area contributed by atoms with Crippen LogP contribution in [0, 0.1) is 11.8 Å². The number of nitrogens with one attached hydrogen (secondary N) is 1. The average molecular weight is 274 g/mol. The highest BCUT2D eigenvalue weighted by Crippen LogP contribution is 2.31. The molecule has 2 fully saturated rings. The predicted molar refractivity (Wildman–Crippen MR) is 74.8 cm³/mol. The lowest BCUT2D eigenvalue weighted by molar-refractivity contribution is -0.124. The molecule has 0 aliphatic carbocycles. The van der Waals surface area contributed by atoms with E-state index in [1.807, 2.05) is 6.07 Å². The molecule has 0 saturated carbocycles. The molecule has 0 radical (unpaired) electrons. The normalized spacial score (nSPS) is 26.2. The highest BCUT2D eigenvalue weighted by Gasteiger charge is 2.36. The fourth-order valence-corrected chi connectivity index (χ4v) is 3.16. The van der Waals surface area contributed by atoms with Gasteiger partial charge in [-0.3, -0.25) is 4.79 Å². The van der Waals surface area contributed by atoms with Gasteiger partial charge in [0.1, 0.15) is 0 Å². The molecule has 3 rings (SSSR count). The summed E-state index contributed by atoms with van der Waals surface area (Å²) in [7, 11) is 0. The minimum Gasteiger partial charge on any atom is -0.478 e. The van der Waals surface area contributed by atoms with E-state index in [0.29, 0.717) is 18.2 Å². The third-order valence-electron chi connectivity index (χ3n) is 4.18. The summed E-state index contributed by atoms with van der Waals surface area (Å²) in [5.41, 5.74) is 0.925. The van der Waals surface area contributed by atoms with Gasteiger partial charge in [0.05, 0.1) is 5.56 Å². The van der Waals surface area contributed by atoms with E-state index >= 15 is 0 Å². The zero-order chi connectivity index (χ0) is 14.1. The van der Waals surface area contributed by atoms with Gasteiger partial charge >= 0.3 is 5.97 Å². The van der Waals surface area contributed by atoms with Gasteiger partial charge in [-0.15, -0.1) is 0 Å². The Morgan fingerprint density at radius 3 is 3.05 bits per heavy atom. The predicted octanol–water partition coefficient (Wildman–Crippen LogP) is 1.35. The number of hydrogen-bond donors (Lipinski definition) is 2. The minimum absolute atomic E-state index is 0.0669. The molecule has 2 aliphatic rings. The highest BCUT2D eigenvalue weighted by atomic mass is 16.4. The van der Waals surface area contributed by atoms with Gasteiger partial charge in [-0.25, -0.2) is 4.79 Å². The molecule has 0 spiro atoms. The highest BCUT2D eigenvalue weighted by molar-refractivity contribution is 5.97. The summed E-state index contributed by atoms with van der Waals surface area (Å²) in [5.74, 6) is -0.311. The number of benzene rings is 1. The first kappa shape index (κ1) is 13.1. The number of carboxylic acids is 1. The Labute approximate surface area is 117 Å². The second-order valence-electron chi connectivity index (χ2n) is 5.60. The standard InChI is InChI=1S/C15H18N2O3/c18-14-11-4-5-16-8-10(6-11)9-17(14)13-3-1-2-12(7-13)15(19)20/h1-3,7,10-11,16H,4-6,8-9H2,(H,19,20)/t10-,11?/m0/s1. The van der Waals surface area contributed by atoms with Crippen LogP contribution in [0.4, 0.5) is 5.69 Å². The van der Waals surface area contributed by atoms with E-state index in [1.165, 1.54) is 0 Å². The molecule has 1 amide bonds. The summed E-state index contributed by atoms with van der Waals surface area (Å²) in [5, 5.41) is 12.4. The molecular weight excluding hydrogens is 256 g/mol. The first-order chi connectivity index (χ1) is 9.65. The van der Waals surface area contributed by atoms with Crippen molar-refractivity contribution in [1.82, 2.24) is 5.32 Å². The van der Waals surface area contributed by atoms with Crippen LogP contribution in [0.5, 0.6) is 0 Å². The van der Waals surface area contributed by atoms with E-state index < -0.39 is 5.97 Å². The Bertz CT molecular complexity index is 544. The van der Waals surface area contributed by atoms with E-state index in [1.54, 1.807) is 23.1 Å². The van der Waals surface area contributed by atoms with Crippen LogP contribution in [-0.4, -0.2) is 36.6 Å². The lowest BCUT2D eigenvalue weighted by Gasteiger charge is -2.35. The molecular formula is C15H18N2O3. The molecule has 2 bridgehead atoms. The zero-order valence-electron chi connectivity index (χ0n) is 11.2. The van der Waals surface area contributed by atoms with Crippen LogP contribution in [0.3, 0.4) is 0 Å². The molecule has 5 heteroatoms. The van der Waals surface area contributed by atoms with Crippen molar-refractivity contribution in [2.75, 3.05) is 24.5 Å². The van der Waals surface area contributed by atoms with Crippen LogP contribution >= 0.6 is 0 Å². The third-order valence-corrected chi connectivity index (χ3v) is 4.18. The van der Waals surface area contributed by atoms with Crippen molar-refractivity contribution >= 4 is 17.6 Å². The number of piperidine rings is 1. The number of aromatic carboxylic acids is 1. The summed E-state index contributed by atoms with van der Waals surface area (Å²) in [4.78, 5) is 25.3. The largest absolute Gasteiger partial charge is 0.478 e.